The molecule has 1 amide bonds. The van der Waals surface area contributed by atoms with Crippen molar-refractivity contribution in [1.82, 2.24) is 4.90 Å². The van der Waals surface area contributed by atoms with Crippen molar-refractivity contribution in [3.8, 4) is 6.07 Å². The SMILES string of the molecule is CCC(C)(C)CC[C@@](C)(CCC(C)(C)[C@]1(C)CC[C@H]2C(C)(C)C(=O)C(C#N)=C[C@]2(C)[C@H]1CC(C)=O)C(=O)N(C)C. The number of carbonyl (C=O) groups excluding carboxylic acids is 3. The van der Waals surface area contributed by atoms with Gasteiger partial charge in [-0.05, 0) is 78.9 Å². The van der Waals surface area contributed by atoms with Crippen LogP contribution in [-0.2, 0) is 14.4 Å². The van der Waals surface area contributed by atoms with Crippen LogP contribution in [-0.4, -0.2) is 36.5 Å². The summed E-state index contributed by atoms with van der Waals surface area (Å²) in [5, 5.41) is 9.91. The minimum absolute atomic E-state index is 0.0168. The van der Waals surface area contributed by atoms with Gasteiger partial charge in [-0.2, -0.15) is 5.26 Å². The average Bonchev–Trinajstić information content (AvgIpc) is 2.85. The summed E-state index contributed by atoms with van der Waals surface area (Å²) in [6.45, 7) is 23.7. The maximum atomic E-state index is 13.6. The molecule has 5 atom stereocenters. The van der Waals surface area contributed by atoms with Crippen molar-refractivity contribution in [3.63, 3.8) is 0 Å². The second kappa shape index (κ2) is 11.4. The fraction of sp³-hybridized carbons (Fsp3) is 0.829. The first-order valence-corrected chi connectivity index (χ1v) is 15.4. The second-order valence-electron chi connectivity index (χ2n) is 16.2. The van der Waals surface area contributed by atoms with E-state index in [9.17, 15) is 19.6 Å². The van der Waals surface area contributed by atoms with Gasteiger partial charge in [-0.1, -0.05) is 81.7 Å². The third-order valence-electron chi connectivity index (χ3n) is 12.1. The summed E-state index contributed by atoms with van der Waals surface area (Å²) in [4.78, 5) is 41.4. The van der Waals surface area contributed by atoms with E-state index in [4.69, 9.17) is 0 Å². The second-order valence-corrected chi connectivity index (χ2v) is 16.2. The standard InChI is InChI=1S/C35H58N2O3/c1-14-30(3,4)17-19-33(9,29(40)37(12)13)20-18-31(5,6)35(11)16-15-26-32(7,8)28(39)25(23-36)22-34(26,10)27(35)21-24(2)38/h22,26-27H,14-21H2,1-13H3/t26-,27+,33-,34-,35+/m0/s1. The van der Waals surface area contributed by atoms with Crippen LogP contribution < -0.4 is 0 Å². The lowest BCUT2D eigenvalue weighted by Gasteiger charge is -2.64. The molecule has 0 aliphatic heterocycles. The molecule has 226 valence electrons. The molecule has 5 heteroatoms. The number of nitrogens with zero attached hydrogens (tertiary/aromatic N) is 2. The molecule has 0 aromatic rings. The molecule has 0 heterocycles. The van der Waals surface area contributed by atoms with E-state index < -0.39 is 16.2 Å². The molecule has 1 fully saturated rings. The monoisotopic (exact) mass is 554 g/mol. The zero-order chi connectivity index (χ0) is 31.1. The Morgan fingerprint density at radius 2 is 1.57 bits per heavy atom. The normalized spacial score (nSPS) is 30.0. The Kier molecular flexibility index (Phi) is 9.74. The van der Waals surface area contributed by atoms with Crippen molar-refractivity contribution in [2.75, 3.05) is 14.1 Å². The number of allylic oxidation sites excluding steroid dienone is 2. The first kappa shape index (κ1) is 34.2. The van der Waals surface area contributed by atoms with Gasteiger partial charge in [-0.3, -0.25) is 9.59 Å². The molecule has 0 unspecified atom stereocenters. The van der Waals surface area contributed by atoms with Crippen molar-refractivity contribution in [2.45, 2.75) is 128 Å². The summed E-state index contributed by atoms with van der Waals surface area (Å²) in [6, 6.07) is 2.19. The first-order chi connectivity index (χ1) is 18.0. The van der Waals surface area contributed by atoms with Gasteiger partial charge in [-0.25, -0.2) is 0 Å². The summed E-state index contributed by atoms with van der Waals surface area (Å²) in [5.41, 5.74) is -1.55. The smallest absolute Gasteiger partial charge is 0.227 e. The fourth-order valence-corrected chi connectivity index (χ4v) is 8.25. The number of rotatable bonds is 11. The van der Waals surface area contributed by atoms with Gasteiger partial charge in [0.25, 0.3) is 0 Å². The molecule has 1 saturated carbocycles. The lowest BCUT2D eigenvalue weighted by Crippen LogP contribution is -2.60. The number of hydrogen-bond acceptors (Lipinski definition) is 4. The lowest BCUT2D eigenvalue weighted by atomic mass is 9.39. The van der Waals surface area contributed by atoms with Crippen LogP contribution in [0.1, 0.15) is 128 Å². The molecule has 0 radical (unpaired) electrons. The van der Waals surface area contributed by atoms with Gasteiger partial charge in [0, 0.05) is 31.3 Å². The summed E-state index contributed by atoms with van der Waals surface area (Å²) >= 11 is 0. The highest BCUT2D eigenvalue weighted by Gasteiger charge is 2.63. The molecule has 2 aliphatic rings. The van der Waals surface area contributed by atoms with E-state index in [1.54, 1.807) is 11.8 Å². The molecular formula is C35H58N2O3. The minimum Gasteiger partial charge on any atom is -0.348 e. The van der Waals surface area contributed by atoms with Crippen LogP contribution in [0.25, 0.3) is 0 Å². The van der Waals surface area contributed by atoms with Crippen molar-refractivity contribution in [3.05, 3.63) is 11.6 Å². The zero-order valence-corrected chi connectivity index (χ0v) is 28.0. The van der Waals surface area contributed by atoms with E-state index in [0.29, 0.717) is 6.42 Å². The van der Waals surface area contributed by atoms with Crippen LogP contribution >= 0.6 is 0 Å². The number of ketones is 2. The average molecular weight is 555 g/mol. The van der Waals surface area contributed by atoms with Crippen molar-refractivity contribution < 1.29 is 14.4 Å². The number of nitriles is 1. The summed E-state index contributed by atoms with van der Waals surface area (Å²) in [5.74, 6) is 0.303. The van der Waals surface area contributed by atoms with E-state index in [2.05, 4.69) is 61.5 Å². The van der Waals surface area contributed by atoms with Crippen molar-refractivity contribution in [2.24, 2.45) is 44.3 Å². The summed E-state index contributed by atoms with van der Waals surface area (Å²) in [7, 11) is 3.71. The third kappa shape index (κ3) is 6.12. The Labute approximate surface area is 245 Å². The Balaban J connectivity index is 2.55. The molecule has 40 heavy (non-hydrogen) atoms. The van der Waals surface area contributed by atoms with Gasteiger partial charge in [-0.15, -0.1) is 0 Å². The number of hydrogen-bond donors (Lipinski definition) is 0. The predicted molar refractivity (Wildman–Crippen MR) is 163 cm³/mol. The highest BCUT2D eigenvalue weighted by molar-refractivity contribution is 6.04. The van der Waals surface area contributed by atoms with Crippen LogP contribution in [0.4, 0.5) is 0 Å². The van der Waals surface area contributed by atoms with Crippen LogP contribution in [0.3, 0.4) is 0 Å². The molecule has 0 bridgehead atoms. The van der Waals surface area contributed by atoms with E-state index in [1.165, 1.54) is 0 Å². The molecule has 5 nitrogen and oxygen atoms in total. The van der Waals surface area contributed by atoms with Gasteiger partial charge in [0.15, 0.2) is 5.78 Å². The highest BCUT2D eigenvalue weighted by Crippen LogP contribution is 2.68. The molecule has 0 aromatic carbocycles. The molecular weight excluding hydrogens is 496 g/mol. The quantitative estimate of drug-likeness (QED) is 0.258. The van der Waals surface area contributed by atoms with Crippen LogP contribution in [0, 0.1) is 55.7 Å². The van der Waals surface area contributed by atoms with Gasteiger partial charge in [0.1, 0.15) is 11.9 Å². The van der Waals surface area contributed by atoms with Gasteiger partial charge >= 0.3 is 0 Å². The maximum absolute atomic E-state index is 13.6. The van der Waals surface area contributed by atoms with E-state index >= 15 is 0 Å². The molecule has 0 N–H and O–H groups in total. The zero-order valence-electron chi connectivity index (χ0n) is 28.0. The maximum Gasteiger partial charge on any atom is 0.227 e. The Hall–Kier alpha value is -1.96. The van der Waals surface area contributed by atoms with Crippen LogP contribution in [0.5, 0.6) is 0 Å². The Morgan fingerprint density at radius 3 is 2.05 bits per heavy atom. The van der Waals surface area contributed by atoms with Crippen molar-refractivity contribution >= 4 is 17.5 Å². The first-order valence-electron chi connectivity index (χ1n) is 15.4. The largest absolute Gasteiger partial charge is 0.348 e. The van der Waals surface area contributed by atoms with Crippen LogP contribution in [0.15, 0.2) is 11.6 Å². The van der Waals surface area contributed by atoms with E-state index in [-0.39, 0.29) is 51.1 Å². The van der Waals surface area contributed by atoms with E-state index in [0.717, 1.165) is 44.9 Å². The van der Waals surface area contributed by atoms with E-state index in [1.807, 2.05) is 34.0 Å². The molecule has 0 saturated heterocycles. The highest BCUT2D eigenvalue weighted by atomic mass is 16.2. The molecule has 2 aliphatic carbocycles. The molecule has 2 rings (SSSR count). The summed E-state index contributed by atoms with van der Waals surface area (Å²) < 4.78 is 0. The topological polar surface area (TPSA) is 78.2 Å². The molecule has 0 aromatic heterocycles. The summed E-state index contributed by atoms with van der Waals surface area (Å²) in [6.07, 6.45) is 8.69. The molecule has 0 spiro atoms. The predicted octanol–water partition coefficient (Wildman–Crippen LogP) is 8.18. The van der Waals surface area contributed by atoms with Crippen molar-refractivity contribution in [1.29, 1.82) is 5.26 Å². The van der Waals surface area contributed by atoms with Gasteiger partial charge in [0.05, 0.1) is 5.57 Å². The Morgan fingerprint density at radius 1 is 1.02 bits per heavy atom. The van der Waals surface area contributed by atoms with Gasteiger partial charge in [0.2, 0.25) is 5.91 Å². The minimum atomic E-state index is -0.655. The third-order valence-corrected chi connectivity index (χ3v) is 12.1. The number of carbonyl (C=O) groups is 3. The lowest BCUT2D eigenvalue weighted by molar-refractivity contribution is -0.156. The van der Waals surface area contributed by atoms with Gasteiger partial charge < -0.3 is 9.69 Å². The fourth-order valence-electron chi connectivity index (χ4n) is 8.25. The number of amides is 1. The van der Waals surface area contributed by atoms with Crippen LogP contribution in [0.2, 0.25) is 0 Å². The number of Topliss-reactive ketones (excluding diaryl/α,β-unsaturated/α-hetero) is 2. The Bertz CT molecular complexity index is 1070. The number of fused-ring (bicyclic) bond motifs is 1.